The zero-order chi connectivity index (χ0) is 29.1. The van der Waals surface area contributed by atoms with E-state index in [-0.39, 0.29) is 6.42 Å². The summed E-state index contributed by atoms with van der Waals surface area (Å²) in [6, 6.07) is 40.9. The van der Waals surface area contributed by atoms with Crippen LogP contribution in [0.4, 0.5) is 0 Å². The van der Waals surface area contributed by atoms with Gasteiger partial charge in [-0.1, -0.05) is 97.1 Å². The maximum absolute atomic E-state index is 12.9. The number of carbonyl (C=O) groups excluding carboxylic acids is 1. The number of benzene rings is 5. The van der Waals surface area contributed by atoms with Gasteiger partial charge in [-0.2, -0.15) is 0 Å². The number of rotatable bonds is 12. The number of amides is 1. The van der Waals surface area contributed by atoms with Crippen molar-refractivity contribution in [1.82, 2.24) is 5.32 Å². The van der Waals surface area contributed by atoms with Crippen LogP contribution in [-0.4, -0.2) is 23.0 Å². The molecule has 1 unspecified atom stereocenters. The van der Waals surface area contributed by atoms with Crippen molar-refractivity contribution in [2.45, 2.75) is 25.7 Å². The Bertz CT molecular complexity index is 1600. The molecule has 0 heterocycles. The zero-order valence-electron chi connectivity index (χ0n) is 23.0. The molecule has 42 heavy (non-hydrogen) atoms. The summed E-state index contributed by atoms with van der Waals surface area (Å²) in [5.41, 5.74) is 5.44. The molecule has 0 radical (unpaired) electrons. The van der Waals surface area contributed by atoms with E-state index in [9.17, 15) is 14.7 Å². The fourth-order valence-electron chi connectivity index (χ4n) is 4.55. The Labute approximate surface area is 245 Å². The van der Waals surface area contributed by atoms with Crippen molar-refractivity contribution >= 4 is 11.9 Å². The number of ether oxygens (including phenoxy) is 2. The highest BCUT2D eigenvalue weighted by Crippen LogP contribution is 2.25. The zero-order valence-corrected chi connectivity index (χ0v) is 23.0. The predicted molar refractivity (Wildman–Crippen MR) is 162 cm³/mol. The molecular weight excluding hydrogens is 526 g/mol. The van der Waals surface area contributed by atoms with Crippen molar-refractivity contribution in [3.05, 3.63) is 156 Å². The fraction of sp³-hybridized carbons (Fsp3) is 0.111. The molecule has 0 saturated carbocycles. The van der Waals surface area contributed by atoms with Gasteiger partial charge in [-0.05, 0) is 64.2 Å². The van der Waals surface area contributed by atoms with Gasteiger partial charge in [0.05, 0.1) is 0 Å². The summed E-state index contributed by atoms with van der Waals surface area (Å²) >= 11 is 0. The number of nitrogens with one attached hydrogen (secondary N) is 1. The van der Waals surface area contributed by atoms with Gasteiger partial charge in [0.2, 0.25) is 0 Å². The van der Waals surface area contributed by atoms with Crippen LogP contribution in [0.3, 0.4) is 0 Å². The molecule has 0 aliphatic rings. The second-order valence-electron chi connectivity index (χ2n) is 9.82. The third-order valence-corrected chi connectivity index (χ3v) is 6.83. The molecule has 1 amide bonds. The van der Waals surface area contributed by atoms with E-state index in [2.05, 4.69) is 23.5 Å². The maximum atomic E-state index is 12.9. The molecule has 0 bridgehead atoms. The van der Waals surface area contributed by atoms with Gasteiger partial charge in [-0.15, -0.1) is 0 Å². The van der Waals surface area contributed by atoms with Gasteiger partial charge in [-0.25, -0.2) is 4.79 Å². The highest BCUT2D eigenvalue weighted by Gasteiger charge is 2.21. The topological polar surface area (TPSA) is 84.9 Å². The minimum atomic E-state index is -1.11. The first-order chi connectivity index (χ1) is 20.5. The van der Waals surface area contributed by atoms with E-state index in [1.165, 1.54) is 0 Å². The van der Waals surface area contributed by atoms with E-state index in [1.807, 2.05) is 78.9 Å². The maximum Gasteiger partial charge on any atom is 0.326 e. The molecular formula is C36H31NO5. The van der Waals surface area contributed by atoms with Gasteiger partial charge >= 0.3 is 5.97 Å². The largest absolute Gasteiger partial charge is 0.489 e. The minimum Gasteiger partial charge on any atom is -0.489 e. The Morgan fingerprint density at radius 2 is 1.19 bits per heavy atom. The quantitative estimate of drug-likeness (QED) is 0.174. The number of aliphatic carboxylic acids is 1. The summed E-state index contributed by atoms with van der Waals surface area (Å²) in [6.45, 7) is 0.812. The fourth-order valence-corrected chi connectivity index (χ4v) is 4.55. The van der Waals surface area contributed by atoms with E-state index in [0.717, 1.165) is 27.8 Å². The average Bonchev–Trinajstić information content (AvgIpc) is 3.04. The molecule has 5 aromatic carbocycles. The highest BCUT2D eigenvalue weighted by atomic mass is 16.5. The van der Waals surface area contributed by atoms with Crippen molar-refractivity contribution in [1.29, 1.82) is 0 Å². The Hall–Kier alpha value is -5.36. The summed E-state index contributed by atoms with van der Waals surface area (Å²) in [5, 5.41) is 12.4. The smallest absolute Gasteiger partial charge is 0.326 e. The van der Waals surface area contributed by atoms with Crippen LogP contribution in [0.1, 0.15) is 27.0 Å². The third-order valence-electron chi connectivity index (χ3n) is 6.83. The van der Waals surface area contributed by atoms with E-state index < -0.39 is 17.9 Å². The number of carboxylic acid groups (broad SMARTS) is 1. The Balaban J connectivity index is 1.15. The summed E-state index contributed by atoms with van der Waals surface area (Å²) in [5.74, 6) is -0.279. The van der Waals surface area contributed by atoms with E-state index in [4.69, 9.17) is 9.47 Å². The molecule has 6 nitrogen and oxygen atoms in total. The molecule has 0 saturated heterocycles. The SMILES string of the molecule is O=C(NC(Cc1ccc(OCc2ccccc2)cc1)C(=O)O)c1ccc(OCc2ccccc2-c2ccccc2)cc1. The van der Waals surface area contributed by atoms with Crippen molar-refractivity contribution in [3.8, 4) is 22.6 Å². The summed E-state index contributed by atoms with van der Waals surface area (Å²) in [7, 11) is 0. The molecule has 5 rings (SSSR count). The van der Waals surface area contributed by atoms with Crippen molar-refractivity contribution in [2.75, 3.05) is 0 Å². The lowest BCUT2D eigenvalue weighted by Gasteiger charge is -2.16. The molecule has 0 fully saturated rings. The van der Waals surface area contributed by atoms with Crippen LogP contribution in [-0.2, 0) is 24.4 Å². The van der Waals surface area contributed by atoms with E-state index in [1.54, 1.807) is 36.4 Å². The Morgan fingerprint density at radius 3 is 1.86 bits per heavy atom. The number of carboxylic acids is 1. The van der Waals surface area contributed by atoms with E-state index in [0.29, 0.717) is 30.3 Å². The van der Waals surface area contributed by atoms with Crippen LogP contribution in [0.5, 0.6) is 11.5 Å². The molecule has 1 atom stereocenters. The molecule has 210 valence electrons. The van der Waals surface area contributed by atoms with Gasteiger partial charge in [0.15, 0.2) is 0 Å². The number of carbonyl (C=O) groups is 2. The lowest BCUT2D eigenvalue weighted by molar-refractivity contribution is -0.139. The molecule has 2 N–H and O–H groups in total. The minimum absolute atomic E-state index is 0.141. The highest BCUT2D eigenvalue weighted by molar-refractivity contribution is 5.96. The van der Waals surface area contributed by atoms with Crippen molar-refractivity contribution < 1.29 is 24.2 Å². The average molecular weight is 558 g/mol. The van der Waals surface area contributed by atoms with Crippen LogP contribution in [0.25, 0.3) is 11.1 Å². The van der Waals surface area contributed by atoms with Crippen molar-refractivity contribution in [3.63, 3.8) is 0 Å². The second kappa shape index (κ2) is 13.8. The Kier molecular flexibility index (Phi) is 9.27. The standard InChI is InChI=1S/C36H31NO5/c38-35(37-34(36(39)40)23-26-15-19-31(20-16-26)41-24-27-9-3-1-4-10-27)29-17-21-32(22-18-29)42-25-30-13-7-8-14-33(30)28-11-5-2-6-12-28/h1-22,34H,23-25H2,(H,37,38)(H,39,40). The van der Waals surface area contributed by atoms with Crippen molar-refractivity contribution in [2.24, 2.45) is 0 Å². The lowest BCUT2D eigenvalue weighted by Crippen LogP contribution is -2.42. The van der Waals surface area contributed by atoms with Crippen LogP contribution in [0.2, 0.25) is 0 Å². The van der Waals surface area contributed by atoms with Crippen LogP contribution >= 0.6 is 0 Å². The third kappa shape index (κ3) is 7.64. The van der Waals surface area contributed by atoms with Gasteiger partial charge < -0.3 is 19.9 Å². The first-order valence-electron chi connectivity index (χ1n) is 13.7. The molecule has 0 aliphatic carbocycles. The van der Waals surface area contributed by atoms with Gasteiger partial charge in [0.1, 0.15) is 30.8 Å². The van der Waals surface area contributed by atoms with Crippen LogP contribution < -0.4 is 14.8 Å². The number of hydrogen-bond acceptors (Lipinski definition) is 4. The van der Waals surface area contributed by atoms with Gasteiger partial charge in [0.25, 0.3) is 5.91 Å². The van der Waals surface area contributed by atoms with Crippen LogP contribution in [0, 0.1) is 0 Å². The predicted octanol–water partition coefficient (Wildman–Crippen LogP) is 6.94. The summed E-state index contributed by atoms with van der Waals surface area (Å²) in [6.07, 6.45) is 0.141. The Morgan fingerprint density at radius 1 is 0.619 bits per heavy atom. The van der Waals surface area contributed by atoms with E-state index >= 15 is 0 Å². The molecule has 0 aliphatic heterocycles. The summed E-state index contributed by atoms with van der Waals surface area (Å²) < 4.78 is 11.8. The monoisotopic (exact) mass is 557 g/mol. The van der Waals surface area contributed by atoms with Gasteiger partial charge in [0, 0.05) is 12.0 Å². The molecule has 0 spiro atoms. The van der Waals surface area contributed by atoms with Crippen LogP contribution in [0.15, 0.2) is 133 Å². The van der Waals surface area contributed by atoms with Gasteiger partial charge in [-0.3, -0.25) is 4.79 Å². The second-order valence-corrected chi connectivity index (χ2v) is 9.82. The molecule has 6 heteroatoms. The first kappa shape index (κ1) is 28.2. The number of hydrogen-bond donors (Lipinski definition) is 2. The normalized spacial score (nSPS) is 11.3. The first-order valence-corrected chi connectivity index (χ1v) is 13.7. The lowest BCUT2D eigenvalue weighted by atomic mass is 10.0. The summed E-state index contributed by atoms with van der Waals surface area (Å²) in [4.78, 5) is 24.8. The molecule has 0 aromatic heterocycles. The molecule has 5 aromatic rings.